The van der Waals surface area contributed by atoms with Crippen LogP contribution < -0.4 is 10.0 Å². The summed E-state index contributed by atoms with van der Waals surface area (Å²) in [7, 11) is -1.99. The van der Waals surface area contributed by atoms with Crippen molar-refractivity contribution in [3.63, 3.8) is 0 Å². The molecule has 0 unspecified atom stereocenters. The standard InChI is InChI=1S/C19H22NO3PS/c1-14-3-9-19(10-4-14)25(21,22)20-12-18-11-15(20)13-24(18)17-7-5-16(23-2)6-8-17/h3-10,15,18H,11-13H2,1-2H3/t15-,18-,24-/m0/s1. The molecule has 3 atom stereocenters. The molecule has 4 rings (SSSR count). The number of ether oxygens (including phenoxy) is 1. The first-order chi connectivity index (χ1) is 12.0. The summed E-state index contributed by atoms with van der Waals surface area (Å²) >= 11 is 0. The second-order valence-corrected chi connectivity index (χ2v) is 11.2. The van der Waals surface area contributed by atoms with Crippen LogP contribution in [0.5, 0.6) is 5.75 Å². The van der Waals surface area contributed by atoms with Crippen molar-refractivity contribution in [3.8, 4) is 5.75 Å². The highest BCUT2D eigenvalue weighted by Crippen LogP contribution is 2.55. The fourth-order valence-corrected chi connectivity index (χ4v) is 8.90. The zero-order valence-electron chi connectivity index (χ0n) is 14.4. The molecule has 25 heavy (non-hydrogen) atoms. The second-order valence-electron chi connectivity index (χ2n) is 6.78. The van der Waals surface area contributed by atoms with E-state index in [0.29, 0.717) is 17.1 Å². The molecule has 0 aliphatic carbocycles. The highest BCUT2D eigenvalue weighted by atomic mass is 32.2. The molecule has 132 valence electrons. The van der Waals surface area contributed by atoms with Crippen LogP contribution in [-0.4, -0.2) is 44.2 Å². The average molecular weight is 375 g/mol. The lowest BCUT2D eigenvalue weighted by molar-refractivity contribution is 0.408. The first-order valence-electron chi connectivity index (χ1n) is 8.48. The molecular weight excluding hydrogens is 353 g/mol. The molecule has 2 saturated heterocycles. The molecule has 0 spiro atoms. The second kappa shape index (κ2) is 6.39. The summed E-state index contributed by atoms with van der Waals surface area (Å²) in [5.74, 6) is 0.867. The summed E-state index contributed by atoms with van der Waals surface area (Å²) in [6.07, 6.45) is 1.96. The molecule has 2 heterocycles. The molecule has 6 heteroatoms. The number of methoxy groups -OCH3 is 1. The Hall–Kier alpha value is -1.42. The number of hydrogen-bond donors (Lipinski definition) is 0. The average Bonchev–Trinajstić information content (AvgIpc) is 3.23. The monoisotopic (exact) mass is 375 g/mol. The van der Waals surface area contributed by atoms with Crippen LogP contribution in [0.3, 0.4) is 0 Å². The van der Waals surface area contributed by atoms with E-state index in [9.17, 15) is 8.42 Å². The van der Waals surface area contributed by atoms with E-state index >= 15 is 0 Å². The summed E-state index contributed by atoms with van der Waals surface area (Å²) < 4.78 is 32.9. The lowest BCUT2D eigenvalue weighted by atomic mass is 10.2. The highest BCUT2D eigenvalue weighted by Gasteiger charge is 2.49. The first-order valence-corrected chi connectivity index (χ1v) is 11.5. The third-order valence-electron chi connectivity index (χ3n) is 5.22. The first kappa shape index (κ1) is 17.0. The van der Waals surface area contributed by atoms with Gasteiger partial charge in [-0.15, -0.1) is 0 Å². The van der Waals surface area contributed by atoms with Crippen LogP contribution >= 0.6 is 7.92 Å². The van der Waals surface area contributed by atoms with E-state index in [-0.39, 0.29) is 14.0 Å². The zero-order valence-corrected chi connectivity index (χ0v) is 16.1. The maximum Gasteiger partial charge on any atom is 0.243 e. The summed E-state index contributed by atoms with van der Waals surface area (Å²) in [5, 5.41) is 1.36. The smallest absolute Gasteiger partial charge is 0.243 e. The third kappa shape index (κ3) is 2.99. The van der Waals surface area contributed by atoms with Crippen molar-refractivity contribution in [3.05, 3.63) is 54.1 Å². The van der Waals surface area contributed by atoms with Gasteiger partial charge in [0.15, 0.2) is 0 Å². The van der Waals surface area contributed by atoms with Gasteiger partial charge in [-0.3, -0.25) is 0 Å². The van der Waals surface area contributed by atoms with Crippen LogP contribution in [0.25, 0.3) is 0 Å². The number of rotatable bonds is 4. The van der Waals surface area contributed by atoms with Crippen molar-refractivity contribution in [1.29, 1.82) is 0 Å². The van der Waals surface area contributed by atoms with Crippen molar-refractivity contribution >= 4 is 23.2 Å². The molecule has 2 aliphatic heterocycles. The largest absolute Gasteiger partial charge is 0.497 e. The number of aryl methyl sites for hydroxylation is 1. The summed E-state index contributed by atoms with van der Waals surface area (Å²) in [5.41, 5.74) is 1.54. The van der Waals surface area contributed by atoms with Crippen molar-refractivity contribution in [2.24, 2.45) is 0 Å². The van der Waals surface area contributed by atoms with Gasteiger partial charge in [-0.1, -0.05) is 37.8 Å². The van der Waals surface area contributed by atoms with Gasteiger partial charge >= 0.3 is 0 Å². The Morgan fingerprint density at radius 3 is 2.32 bits per heavy atom. The van der Waals surface area contributed by atoms with E-state index in [1.165, 1.54) is 5.30 Å². The molecular formula is C19H22NO3PS. The summed E-state index contributed by atoms with van der Waals surface area (Å²) in [6.45, 7) is 2.62. The zero-order chi connectivity index (χ0) is 17.6. The van der Waals surface area contributed by atoms with Crippen molar-refractivity contribution in [2.45, 2.75) is 29.9 Å². The van der Waals surface area contributed by atoms with Gasteiger partial charge in [-0.2, -0.15) is 4.31 Å². The predicted molar refractivity (Wildman–Crippen MR) is 102 cm³/mol. The van der Waals surface area contributed by atoms with Crippen molar-refractivity contribution < 1.29 is 13.2 Å². The normalized spacial score (nSPS) is 26.1. The van der Waals surface area contributed by atoms with E-state index in [1.807, 2.05) is 31.2 Å². The Labute approximate surface area is 150 Å². The minimum absolute atomic E-state index is 0.143. The Morgan fingerprint density at radius 1 is 1.08 bits per heavy atom. The maximum absolute atomic E-state index is 13.0. The molecule has 4 nitrogen and oxygen atoms in total. The third-order valence-corrected chi connectivity index (χ3v) is 10.2. The minimum atomic E-state index is -3.38. The molecule has 2 aliphatic rings. The van der Waals surface area contributed by atoms with Crippen LogP contribution in [0.2, 0.25) is 0 Å². The number of nitrogens with zero attached hydrogens (tertiary/aromatic N) is 1. The topological polar surface area (TPSA) is 46.6 Å². The highest BCUT2D eigenvalue weighted by molar-refractivity contribution is 7.89. The predicted octanol–water partition coefficient (Wildman–Crippen LogP) is 2.96. The molecule has 2 aromatic carbocycles. The van der Waals surface area contributed by atoms with E-state index in [2.05, 4.69) is 12.1 Å². The Bertz CT molecular complexity index is 865. The number of sulfonamides is 1. The van der Waals surface area contributed by atoms with Crippen LogP contribution in [0, 0.1) is 6.92 Å². The lowest BCUT2D eigenvalue weighted by Gasteiger charge is -2.31. The van der Waals surface area contributed by atoms with Crippen molar-refractivity contribution in [1.82, 2.24) is 4.31 Å². The van der Waals surface area contributed by atoms with E-state index in [1.54, 1.807) is 23.5 Å². The molecule has 2 fully saturated rings. The van der Waals surface area contributed by atoms with E-state index < -0.39 is 10.0 Å². The molecule has 0 saturated carbocycles. The number of benzene rings is 2. The van der Waals surface area contributed by atoms with Gasteiger partial charge in [0.2, 0.25) is 10.0 Å². The molecule has 0 amide bonds. The van der Waals surface area contributed by atoms with Crippen molar-refractivity contribution in [2.75, 3.05) is 19.8 Å². The van der Waals surface area contributed by atoms with Crippen LogP contribution in [0.4, 0.5) is 0 Å². The lowest BCUT2D eigenvalue weighted by Crippen LogP contribution is -2.40. The quantitative estimate of drug-likeness (QED) is 0.772. The number of fused-ring (bicyclic) bond motifs is 2. The van der Waals surface area contributed by atoms with E-state index in [0.717, 1.165) is 23.9 Å². The molecule has 0 radical (unpaired) electrons. The summed E-state index contributed by atoms with van der Waals surface area (Å²) in [4.78, 5) is 0.416. The maximum atomic E-state index is 13.0. The van der Waals surface area contributed by atoms with Gasteiger partial charge < -0.3 is 4.74 Å². The van der Waals surface area contributed by atoms with Crippen LogP contribution in [0.15, 0.2) is 53.4 Å². The minimum Gasteiger partial charge on any atom is -0.497 e. The van der Waals surface area contributed by atoms with Crippen LogP contribution in [-0.2, 0) is 10.0 Å². The summed E-state index contributed by atoms with van der Waals surface area (Å²) in [6, 6.07) is 15.6. The molecule has 0 N–H and O–H groups in total. The van der Waals surface area contributed by atoms with Gasteiger partial charge in [-0.25, -0.2) is 8.42 Å². The Morgan fingerprint density at radius 2 is 1.76 bits per heavy atom. The van der Waals surface area contributed by atoms with E-state index in [4.69, 9.17) is 4.74 Å². The van der Waals surface area contributed by atoms with Gasteiger partial charge in [-0.05, 0) is 54.7 Å². The molecule has 2 bridgehead atoms. The SMILES string of the molecule is COc1ccc([P@]2C[C@@H]3C[C@H]2CN3S(=O)(=O)c2ccc(C)cc2)cc1. The van der Waals surface area contributed by atoms with Crippen LogP contribution in [0.1, 0.15) is 12.0 Å². The Balaban J connectivity index is 1.53. The number of hydrogen-bond acceptors (Lipinski definition) is 3. The molecule has 0 aromatic heterocycles. The molecule has 2 aromatic rings. The fraction of sp³-hybridized carbons (Fsp3) is 0.368. The Kier molecular flexibility index (Phi) is 4.35. The fourth-order valence-electron chi connectivity index (χ4n) is 3.86. The van der Waals surface area contributed by atoms with Gasteiger partial charge in [0.1, 0.15) is 5.75 Å². The van der Waals surface area contributed by atoms with Gasteiger partial charge in [0, 0.05) is 12.6 Å². The van der Waals surface area contributed by atoms with Gasteiger partial charge in [0.25, 0.3) is 0 Å². The van der Waals surface area contributed by atoms with Gasteiger partial charge in [0.05, 0.1) is 12.0 Å².